The van der Waals surface area contributed by atoms with E-state index in [1.54, 1.807) is 19.1 Å². The van der Waals surface area contributed by atoms with E-state index in [1.807, 2.05) is 13.8 Å². The molecule has 0 radical (unpaired) electrons. The second-order valence-electron chi connectivity index (χ2n) is 5.91. The third-order valence-corrected chi connectivity index (χ3v) is 4.28. The Hall–Kier alpha value is -2.37. The summed E-state index contributed by atoms with van der Waals surface area (Å²) in [5, 5.41) is 5.24. The number of halogens is 1. The smallest absolute Gasteiger partial charge is 0.338 e. The first kappa shape index (κ1) is 18.0. The molecule has 130 valence electrons. The van der Waals surface area contributed by atoms with Gasteiger partial charge in [-0.05, 0) is 30.5 Å². The lowest BCUT2D eigenvalue weighted by Gasteiger charge is -2.28. The largest absolute Gasteiger partial charge is 0.462 e. The molecule has 5 nitrogen and oxygen atoms in total. The first-order valence-corrected chi connectivity index (χ1v) is 8.17. The molecule has 1 heterocycles. The van der Waals surface area contributed by atoms with Crippen molar-refractivity contribution in [1.29, 1.82) is 0 Å². The SMILES string of the molecule is CCC(CC)COC(=O)C1=C(C)NC(=O)NC1c1cccc(F)c1. The summed E-state index contributed by atoms with van der Waals surface area (Å²) in [5.41, 5.74) is 1.22. The molecule has 0 aliphatic carbocycles. The van der Waals surface area contributed by atoms with Gasteiger partial charge in [0.2, 0.25) is 0 Å². The number of amides is 2. The van der Waals surface area contributed by atoms with Crippen LogP contribution in [0.4, 0.5) is 9.18 Å². The highest BCUT2D eigenvalue weighted by molar-refractivity contribution is 5.95. The average molecular weight is 334 g/mol. The van der Waals surface area contributed by atoms with Crippen molar-refractivity contribution in [3.8, 4) is 0 Å². The zero-order valence-electron chi connectivity index (χ0n) is 14.2. The minimum Gasteiger partial charge on any atom is -0.462 e. The number of carbonyl (C=O) groups excluding carboxylic acids is 2. The van der Waals surface area contributed by atoms with E-state index in [0.717, 1.165) is 12.8 Å². The molecule has 0 saturated carbocycles. The molecule has 0 spiro atoms. The van der Waals surface area contributed by atoms with Crippen LogP contribution in [0.5, 0.6) is 0 Å². The van der Waals surface area contributed by atoms with E-state index in [9.17, 15) is 14.0 Å². The lowest BCUT2D eigenvalue weighted by molar-refractivity contribution is -0.141. The molecule has 0 bridgehead atoms. The van der Waals surface area contributed by atoms with Gasteiger partial charge in [0.1, 0.15) is 5.82 Å². The summed E-state index contributed by atoms with van der Waals surface area (Å²) in [4.78, 5) is 24.3. The van der Waals surface area contributed by atoms with Gasteiger partial charge in [0.05, 0.1) is 18.2 Å². The summed E-state index contributed by atoms with van der Waals surface area (Å²) in [6, 6.07) is 4.66. The predicted molar refractivity (Wildman–Crippen MR) is 88.5 cm³/mol. The second kappa shape index (κ2) is 7.95. The fraction of sp³-hybridized carbons (Fsp3) is 0.444. The molecule has 24 heavy (non-hydrogen) atoms. The van der Waals surface area contributed by atoms with Crippen LogP contribution in [0.25, 0.3) is 0 Å². The number of esters is 1. The summed E-state index contributed by atoms with van der Waals surface area (Å²) in [6.45, 7) is 6.06. The lowest BCUT2D eigenvalue weighted by Crippen LogP contribution is -2.45. The van der Waals surface area contributed by atoms with E-state index in [2.05, 4.69) is 10.6 Å². The maximum Gasteiger partial charge on any atom is 0.338 e. The van der Waals surface area contributed by atoms with E-state index >= 15 is 0 Å². The minimum absolute atomic E-state index is 0.297. The van der Waals surface area contributed by atoms with Gasteiger partial charge in [0.15, 0.2) is 0 Å². The number of allylic oxidation sites excluding steroid dienone is 1. The standard InChI is InChI=1S/C18H23FN2O3/c1-4-12(5-2)10-24-17(22)15-11(3)20-18(23)21-16(15)13-7-6-8-14(19)9-13/h6-9,12,16H,4-5,10H2,1-3H3,(H2,20,21,23). The molecule has 0 aromatic heterocycles. The molecule has 2 rings (SSSR count). The molecule has 2 amide bonds. The van der Waals surface area contributed by atoms with Gasteiger partial charge in [-0.25, -0.2) is 14.0 Å². The Morgan fingerprint density at radius 3 is 2.67 bits per heavy atom. The predicted octanol–water partition coefficient (Wildman–Crippen LogP) is 3.43. The molecule has 1 aromatic rings. The number of urea groups is 1. The third-order valence-electron chi connectivity index (χ3n) is 4.28. The number of benzene rings is 1. The van der Waals surface area contributed by atoms with Gasteiger partial charge >= 0.3 is 12.0 Å². The molecule has 1 aliphatic rings. The molecular formula is C18H23FN2O3. The molecule has 1 aliphatic heterocycles. The Morgan fingerprint density at radius 1 is 1.33 bits per heavy atom. The Bertz CT molecular complexity index is 653. The lowest BCUT2D eigenvalue weighted by atomic mass is 9.95. The number of hydrogen-bond acceptors (Lipinski definition) is 3. The molecule has 0 fully saturated rings. The van der Waals surface area contributed by atoms with Crippen molar-refractivity contribution in [3.63, 3.8) is 0 Å². The van der Waals surface area contributed by atoms with Gasteiger partial charge in [0, 0.05) is 5.70 Å². The van der Waals surface area contributed by atoms with Crippen LogP contribution in [0, 0.1) is 11.7 Å². The van der Waals surface area contributed by atoms with E-state index < -0.39 is 23.9 Å². The van der Waals surface area contributed by atoms with Crippen LogP contribution in [-0.4, -0.2) is 18.6 Å². The zero-order chi connectivity index (χ0) is 17.7. The Labute approximate surface area is 141 Å². The molecule has 1 atom stereocenters. The first-order chi connectivity index (χ1) is 11.5. The summed E-state index contributed by atoms with van der Waals surface area (Å²) < 4.78 is 19.0. The summed E-state index contributed by atoms with van der Waals surface area (Å²) >= 11 is 0. The number of rotatable bonds is 6. The average Bonchev–Trinajstić information content (AvgIpc) is 2.54. The summed E-state index contributed by atoms with van der Waals surface area (Å²) in [7, 11) is 0. The molecule has 1 aromatic carbocycles. The maximum atomic E-state index is 13.5. The van der Waals surface area contributed by atoms with Crippen LogP contribution in [0.3, 0.4) is 0 Å². The van der Waals surface area contributed by atoms with Crippen LogP contribution >= 0.6 is 0 Å². The van der Waals surface area contributed by atoms with Crippen LogP contribution in [0.15, 0.2) is 35.5 Å². The molecule has 0 saturated heterocycles. The topological polar surface area (TPSA) is 67.4 Å². The van der Waals surface area contributed by atoms with E-state index in [1.165, 1.54) is 12.1 Å². The van der Waals surface area contributed by atoms with Crippen molar-refractivity contribution in [2.75, 3.05) is 6.61 Å². The Kier molecular flexibility index (Phi) is 5.95. The van der Waals surface area contributed by atoms with E-state index in [-0.39, 0.29) is 0 Å². The van der Waals surface area contributed by atoms with Gasteiger partial charge in [-0.15, -0.1) is 0 Å². The third kappa shape index (κ3) is 4.13. The van der Waals surface area contributed by atoms with Crippen LogP contribution in [0.2, 0.25) is 0 Å². The zero-order valence-corrected chi connectivity index (χ0v) is 14.2. The van der Waals surface area contributed by atoms with E-state index in [0.29, 0.717) is 29.4 Å². The van der Waals surface area contributed by atoms with Gasteiger partial charge in [-0.2, -0.15) is 0 Å². The van der Waals surface area contributed by atoms with Crippen molar-refractivity contribution in [2.45, 2.75) is 39.7 Å². The van der Waals surface area contributed by atoms with E-state index in [4.69, 9.17) is 4.74 Å². The number of carbonyl (C=O) groups is 2. The quantitative estimate of drug-likeness (QED) is 0.783. The van der Waals surface area contributed by atoms with Crippen molar-refractivity contribution >= 4 is 12.0 Å². The monoisotopic (exact) mass is 334 g/mol. The van der Waals surface area contributed by atoms with Crippen molar-refractivity contribution < 1.29 is 18.7 Å². The Balaban J connectivity index is 2.27. The number of ether oxygens (including phenoxy) is 1. The minimum atomic E-state index is -0.733. The van der Waals surface area contributed by atoms with Crippen molar-refractivity contribution in [2.24, 2.45) is 5.92 Å². The number of nitrogens with one attached hydrogen (secondary N) is 2. The van der Waals surface area contributed by atoms with Gasteiger partial charge in [0.25, 0.3) is 0 Å². The van der Waals surface area contributed by atoms with Crippen molar-refractivity contribution in [1.82, 2.24) is 10.6 Å². The molecule has 6 heteroatoms. The maximum absolute atomic E-state index is 13.5. The number of hydrogen-bond donors (Lipinski definition) is 2. The second-order valence-corrected chi connectivity index (χ2v) is 5.91. The van der Waals surface area contributed by atoms with Crippen LogP contribution < -0.4 is 10.6 Å². The van der Waals surface area contributed by atoms with Gasteiger partial charge < -0.3 is 15.4 Å². The van der Waals surface area contributed by atoms with Gasteiger partial charge in [-0.1, -0.05) is 38.8 Å². The van der Waals surface area contributed by atoms with Gasteiger partial charge in [-0.3, -0.25) is 0 Å². The normalized spacial score (nSPS) is 17.5. The highest BCUT2D eigenvalue weighted by Crippen LogP contribution is 2.28. The Morgan fingerprint density at radius 2 is 2.04 bits per heavy atom. The van der Waals surface area contributed by atoms with Crippen LogP contribution in [0.1, 0.15) is 45.2 Å². The summed E-state index contributed by atoms with van der Waals surface area (Å²) in [6.07, 6.45) is 1.84. The fourth-order valence-electron chi connectivity index (χ4n) is 2.70. The molecule has 2 N–H and O–H groups in total. The summed E-state index contributed by atoms with van der Waals surface area (Å²) in [5.74, 6) is -0.627. The molecule has 1 unspecified atom stereocenters. The highest BCUT2D eigenvalue weighted by atomic mass is 19.1. The fourth-order valence-corrected chi connectivity index (χ4v) is 2.70. The highest BCUT2D eigenvalue weighted by Gasteiger charge is 2.32. The van der Waals surface area contributed by atoms with Crippen molar-refractivity contribution in [3.05, 3.63) is 46.9 Å². The molecular weight excluding hydrogens is 311 g/mol. The first-order valence-electron chi connectivity index (χ1n) is 8.17. The van der Waals surface area contributed by atoms with Crippen LogP contribution in [-0.2, 0) is 9.53 Å².